The minimum atomic E-state index is -0.395. The summed E-state index contributed by atoms with van der Waals surface area (Å²) in [5.74, 6) is -1.53. The Morgan fingerprint density at radius 1 is 0.610 bits per heavy atom. The summed E-state index contributed by atoms with van der Waals surface area (Å²) in [4.78, 5) is 23.4. The van der Waals surface area contributed by atoms with Gasteiger partial charge in [-0.3, -0.25) is 9.59 Å². The SMILES string of the molecule is O=C(N/N=C/c1cc(Cl)cc(Cl)c1[O-])c1ccccc1.O=C(N/N=C/c1cc(Cl)cc(Cl)c1[O-])c1ccccc1.[Ni+2]. The van der Waals surface area contributed by atoms with E-state index in [4.69, 9.17) is 46.4 Å². The van der Waals surface area contributed by atoms with Gasteiger partial charge in [0.2, 0.25) is 0 Å². The summed E-state index contributed by atoms with van der Waals surface area (Å²) in [7, 11) is 0. The number of benzene rings is 4. The van der Waals surface area contributed by atoms with Crippen molar-refractivity contribution in [1.29, 1.82) is 0 Å². The van der Waals surface area contributed by atoms with Gasteiger partial charge in [-0.15, -0.1) is 0 Å². The average Bonchev–Trinajstić information content (AvgIpc) is 2.95. The van der Waals surface area contributed by atoms with Gasteiger partial charge >= 0.3 is 16.5 Å². The zero-order valence-corrected chi connectivity index (χ0v) is 24.6. The number of halogens is 4. The quantitative estimate of drug-likeness (QED) is 0.155. The van der Waals surface area contributed by atoms with Crippen LogP contribution in [0.15, 0.2) is 95.1 Å². The Labute approximate surface area is 265 Å². The number of carbonyl (C=O) groups excluding carboxylic acids is 2. The fourth-order valence-electron chi connectivity index (χ4n) is 2.98. The predicted octanol–water partition coefficient (Wildman–Crippen LogP) is 5.66. The molecule has 212 valence electrons. The Morgan fingerprint density at radius 2 is 0.951 bits per heavy atom. The van der Waals surface area contributed by atoms with Gasteiger partial charge in [-0.1, -0.05) is 94.3 Å². The van der Waals surface area contributed by atoms with Crippen LogP contribution in [0.4, 0.5) is 0 Å². The van der Waals surface area contributed by atoms with Crippen LogP contribution in [0.5, 0.6) is 11.5 Å². The maximum Gasteiger partial charge on any atom is 2.00 e. The van der Waals surface area contributed by atoms with Gasteiger partial charge in [0.15, 0.2) is 0 Å². The van der Waals surface area contributed by atoms with E-state index in [9.17, 15) is 19.8 Å². The number of rotatable bonds is 6. The van der Waals surface area contributed by atoms with Crippen LogP contribution in [0, 0.1) is 0 Å². The molecular formula is C28H18Cl4N4NiO4. The summed E-state index contributed by atoms with van der Waals surface area (Å²) in [6.45, 7) is 0. The second-order valence-corrected chi connectivity index (χ2v) is 9.43. The van der Waals surface area contributed by atoms with Crippen LogP contribution in [0.2, 0.25) is 20.1 Å². The maximum absolute atomic E-state index is 11.7. The van der Waals surface area contributed by atoms with Gasteiger partial charge < -0.3 is 10.2 Å². The largest absolute Gasteiger partial charge is 2.00 e. The van der Waals surface area contributed by atoms with Crippen LogP contribution in [0.3, 0.4) is 0 Å². The molecule has 0 heterocycles. The van der Waals surface area contributed by atoms with Gasteiger partial charge in [0.1, 0.15) is 0 Å². The normalized spacial score (nSPS) is 10.4. The van der Waals surface area contributed by atoms with Crippen LogP contribution in [-0.4, -0.2) is 24.2 Å². The van der Waals surface area contributed by atoms with E-state index in [1.54, 1.807) is 60.7 Å². The molecule has 0 saturated heterocycles. The summed E-state index contributed by atoms with van der Waals surface area (Å²) < 4.78 is 0. The molecule has 41 heavy (non-hydrogen) atoms. The predicted molar refractivity (Wildman–Crippen MR) is 155 cm³/mol. The molecule has 4 aromatic carbocycles. The first-order valence-corrected chi connectivity index (χ1v) is 12.8. The van der Waals surface area contributed by atoms with E-state index in [1.165, 1.54) is 36.7 Å². The van der Waals surface area contributed by atoms with Gasteiger partial charge in [0.05, 0.1) is 12.4 Å². The average molecular weight is 675 g/mol. The van der Waals surface area contributed by atoms with Crippen LogP contribution in [0.25, 0.3) is 0 Å². The number of nitrogens with zero attached hydrogens (tertiary/aromatic N) is 2. The van der Waals surface area contributed by atoms with E-state index in [0.717, 1.165) is 0 Å². The summed E-state index contributed by atoms with van der Waals surface area (Å²) in [5.41, 5.74) is 5.98. The van der Waals surface area contributed by atoms with Crippen LogP contribution < -0.4 is 21.1 Å². The zero-order valence-electron chi connectivity index (χ0n) is 20.6. The summed E-state index contributed by atoms with van der Waals surface area (Å²) >= 11 is 23.0. The monoisotopic (exact) mass is 672 g/mol. The van der Waals surface area contributed by atoms with E-state index >= 15 is 0 Å². The van der Waals surface area contributed by atoms with Crippen molar-refractivity contribution in [2.24, 2.45) is 10.2 Å². The van der Waals surface area contributed by atoms with Crippen molar-refractivity contribution in [3.05, 3.63) is 127 Å². The zero-order chi connectivity index (χ0) is 29.1. The molecule has 0 unspecified atom stereocenters. The first-order chi connectivity index (χ1) is 19.2. The third kappa shape index (κ3) is 10.4. The Bertz CT molecular complexity index is 1440. The fourth-order valence-corrected chi connectivity index (χ4v) is 4.00. The Balaban J connectivity index is 0.000000280. The number of hydrazone groups is 2. The van der Waals surface area contributed by atoms with Gasteiger partial charge in [0, 0.05) is 31.2 Å². The molecule has 0 aliphatic heterocycles. The van der Waals surface area contributed by atoms with Gasteiger partial charge in [-0.25, -0.2) is 10.9 Å². The topological polar surface area (TPSA) is 129 Å². The van der Waals surface area contributed by atoms with Gasteiger partial charge in [0.25, 0.3) is 11.8 Å². The first-order valence-electron chi connectivity index (χ1n) is 11.2. The molecule has 0 fully saturated rings. The van der Waals surface area contributed by atoms with Crippen molar-refractivity contribution < 1.29 is 36.3 Å². The van der Waals surface area contributed by atoms with Crippen molar-refractivity contribution in [3.63, 3.8) is 0 Å². The summed E-state index contributed by atoms with van der Waals surface area (Å²) in [6.07, 6.45) is 2.42. The van der Waals surface area contributed by atoms with Crippen molar-refractivity contribution in [2.45, 2.75) is 0 Å². The van der Waals surface area contributed by atoms with Crippen LogP contribution in [-0.2, 0) is 16.5 Å². The fraction of sp³-hybridized carbons (Fsp3) is 0. The van der Waals surface area contributed by atoms with E-state index in [0.29, 0.717) is 21.2 Å². The van der Waals surface area contributed by atoms with Crippen molar-refractivity contribution >= 4 is 70.6 Å². The molecule has 2 N–H and O–H groups in total. The minimum absolute atomic E-state index is 0. The molecule has 0 atom stereocenters. The van der Waals surface area contributed by atoms with E-state index in [1.807, 2.05) is 0 Å². The molecule has 0 aromatic heterocycles. The third-order valence-electron chi connectivity index (χ3n) is 4.89. The molecular weight excluding hydrogens is 657 g/mol. The number of carbonyl (C=O) groups is 2. The smallest absolute Gasteiger partial charge is 0.871 e. The molecule has 4 rings (SSSR count). The number of hydrogen-bond donors (Lipinski definition) is 2. The van der Waals surface area contributed by atoms with Crippen LogP contribution >= 0.6 is 46.4 Å². The Kier molecular flexibility index (Phi) is 13.6. The third-order valence-corrected chi connectivity index (χ3v) is 5.88. The summed E-state index contributed by atoms with van der Waals surface area (Å²) in [5, 5.41) is 31.4. The second kappa shape index (κ2) is 16.6. The molecule has 2 amide bonds. The molecule has 0 aliphatic rings. The van der Waals surface area contributed by atoms with Crippen molar-refractivity contribution in [1.82, 2.24) is 10.9 Å². The summed E-state index contributed by atoms with van der Waals surface area (Å²) in [6, 6.07) is 22.7. The Morgan fingerprint density at radius 3 is 1.29 bits per heavy atom. The second-order valence-electron chi connectivity index (χ2n) is 7.74. The maximum atomic E-state index is 11.7. The molecule has 8 nitrogen and oxygen atoms in total. The minimum Gasteiger partial charge on any atom is -0.871 e. The molecule has 0 bridgehead atoms. The van der Waals surface area contributed by atoms with Gasteiger partial charge in [-0.2, -0.15) is 10.2 Å². The van der Waals surface area contributed by atoms with Gasteiger partial charge in [-0.05, 0) is 59.7 Å². The van der Waals surface area contributed by atoms with E-state index < -0.39 is 11.5 Å². The molecule has 4 aromatic rings. The Hall–Kier alpha value is -3.59. The number of hydrogen-bond acceptors (Lipinski definition) is 6. The van der Waals surface area contributed by atoms with E-state index in [2.05, 4.69) is 21.1 Å². The number of nitrogens with one attached hydrogen (secondary N) is 2. The standard InChI is InChI=1S/2C14H10Cl2N2O2.Ni/c2*15-11-6-10(13(19)12(16)7-11)8-17-18-14(20)9-4-2-1-3-5-9;/h2*1-8,19H,(H,18,20);/q;;+2/p-2/b2*17-8+;. The molecule has 0 spiro atoms. The molecule has 0 radical (unpaired) electrons. The number of amides is 2. The molecule has 13 heteroatoms. The molecule has 0 saturated carbocycles. The van der Waals surface area contributed by atoms with Crippen molar-refractivity contribution in [2.75, 3.05) is 0 Å². The first kappa shape index (κ1) is 33.6. The van der Waals surface area contributed by atoms with Crippen molar-refractivity contribution in [3.8, 4) is 11.5 Å². The molecule has 0 aliphatic carbocycles. The van der Waals surface area contributed by atoms with E-state index in [-0.39, 0.29) is 49.5 Å². The van der Waals surface area contributed by atoms with Crippen LogP contribution in [0.1, 0.15) is 31.8 Å².